The van der Waals surface area contributed by atoms with Crippen LogP contribution >= 0.6 is 0 Å². The molecule has 2 amide bonds. The molecule has 6 nitrogen and oxygen atoms in total. The number of ether oxygens (including phenoxy) is 1. The largest absolute Gasteiger partial charge is 0.444 e. The van der Waals surface area contributed by atoms with Gasteiger partial charge in [0.25, 0.3) is 0 Å². The van der Waals surface area contributed by atoms with Crippen molar-refractivity contribution in [1.29, 1.82) is 0 Å². The lowest BCUT2D eigenvalue weighted by molar-refractivity contribution is -0.129. The molecule has 1 aliphatic heterocycles. The number of hydrogen-bond acceptors (Lipinski definition) is 4. The zero-order valence-electron chi connectivity index (χ0n) is 15.4. The Labute approximate surface area is 140 Å². The van der Waals surface area contributed by atoms with E-state index in [0.717, 1.165) is 38.9 Å². The summed E-state index contributed by atoms with van der Waals surface area (Å²) < 4.78 is 5.45. The molecular formula is C17H33N3O3. The second-order valence-corrected chi connectivity index (χ2v) is 7.20. The van der Waals surface area contributed by atoms with Gasteiger partial charge in [0.2, 0.25) is 5.91 Å². The van der Waals surface area contributed by atoms with Crippen LogP contribution in [0.4, 0.5) is 4.79 Å². The van der Waals surface area contributed by atoms with Crippen molar-refractivity contribution >= 4 is 12.0 Å². The molecule has 0 bridgehead atoms. The van der Waals surface area contributed by atoms with E-state index in [1.165, 1.54) is 0 Å². The van der Waals surface area contributed by atoms with Crippen LogP contribution in [0.3, 0.4) is 0 Å². The van der Waals surface area contributed by atoms with Crippen molar-refractivity contribution in [2.45, 2.75) is 65.5 Å². The number of carbonyl (C=O) groups excluding carboxylic acids is 2. The molecule has 0 unspecified atom stereocenters. The fraction of sp³-hybridized carbons (Fsp3) is 0.882. The fourth-order valence-corrected chi connectivity index (χ4v) is 2.69. The first-order chi connectivity index (χ1) is 10.7. The molecule has 1 saturated heterocycles. The molecule has 1 N–H and O–H groups in total. The van der Waals surface area contributed by atoms with Gasteiger partial charge in [-0.1, -0.05) is 6.92 Å². The molecule has 0 atom stereocenters. The molecular weight excluding hydrogens is 294 g/mol. The molecule has 23 heavy (non-hydrogen) atoms. The van der Waals surface area contributed by atoms with Crippen molar-refractivity contribution in [3.8, 4) is 0 Å². The van der Waals surface area contributed by atoms with Crippen LogP contribution in [0.2, 0.25) is 0 Å². The molecule has 0 spiro atoms. The fourth-order valence-electron chi connectivity index (χ4n) is 2.69. The van der Waals surface area contributed by atoms with E-state index in [9.17, 15) is 9.59 Å². The minimum atomic E-state index is -0.462. The number of hydrogen-bond donors (Lipinski definition) is 1. The monoisotopic (exact) mass is 327 g/mol. The summed E-state index contributed by atoms with van der Waals surface area (Å²) >= 11 is 0. The van der Waals surface area contributed by atoms with Gasteiger partial charge in [0.05, 0.1) is 0 Å². The summed E-state index contributed by atoms with van der Waals surface area (Å²) in [5, 5.41) is 3.50. The molecule has 6 heteroatoms. The van der Waals surface area contributed by atoms with Crippen LogP contribution in [0.1, 0.15) is 53.9 Å². The molecule has 134 valence electrons. The van der Waals surface area contributed by atoms with Crippen molar-refractivity contribution < 1.29 is 14.3 Å². The Morgan fingerprint density at radius 1 is 1.22 bits per heavy atom. The van der Waals surface area contributed by atoms with E-state index in [2.05, 4.69) is 12.2 Å². The van der Waals surface area contributed by atoms with E-state index in [1.54, 1.807) is 11.8 Å². The zero-order chi connectivity index (χ0) is 17.5. The van der Waals surface area contributed by atoms with Gasteiger partial charge in [-0.2, -0.15) is 0 Å². The Morgan fingerprint density at radius 3 is 2.30 bits per heavy atom. The highest BCUT2D eigenvalue weighted by Gasteiger charge is 2.23. The summed E-state index contributed by atoms with van der Waals surface area (Å²) in [6, 6.07) is 0.424. The van der Waals surface area contributed by atoms with Gasteiger partial charge >= 0.3 is 6.09 Å². The first kappa shape index (κ1) is 19.7. The predicted molar refractivity (Wildman–Crippen MR) is 91.4 cm³/mol. The van der Waals surface area contributed by atoms with Gasteiger partial charge in [-0.25, -0.2) is 4.79 Å². The Hall–Kier alpha value is -1.30. The van der Waals surface area contributed by atoms with E-state index in [1.807, 2.05) is 25.7 Å². The summed E-state index contributed by atoms with van der Waals surface area (Å²) in [7, 11) is 0. The zero-order valence-corrected chi connectivity index (χ0v) is 15.4. The lowest BCUT2D eigenvalue weighted by Crippen LogP contribution is -2.47. The first-order valence-corrected chi connectivity index (χ1v) is 8.69. The van der Waals surface area contributed by atoms with Crippen LogP contribution in [-0.4, -0.2) is 66.2 Å². The maximum atomic E-state index is 12.2. The minimum Gasteiger partial charge on any atom is -0.444 e. The molecule has 1 aliphatic rings. The first-order valence-electron chi connectivity index (χ1n) is 8.69. The summed E-state index contributed by atoms with van der Waals surface area (Å²) in [6.45, 7) is 13.1. The lowest BCUT2D eigenvalue weighted by Gasteiger charge is -2.32. The van der Waals surface area contributed by atoms with Crippen molar-refractivity contribution in [1.82, 2.24) is 15.1 Å². The van der Waals surface area contributed by atoms with Gasteiger partial charge in [-0.15, -0.1) is 0 Å². The van der Waals surface area contributed by atoms with E-state index < -0.39 is 5.60 Å². The highest BCUT2D eigenvalue weighted by atomic mass is 16.6. The number of carbonyl (C=O) groups is 2. The van der Waals surface area contributed by atoms with Crippen molar-refractivity contribution in [2.75, 3.05) is 32.7 Å². The van der Waals surface area contributed by atoms with Gasteiger partial charge in [0.15, 0.2) is 0 Å². The summed E-state index contributed by atoms with van der Waals surface area (Å²) in [5.41, 5.74) is -0.462. The van der Waals surface area contributed by atoms with Gasteiger partial charge in [-0.05, 0) is 40.0 Å². The smallest absolute Gasteiger partial charge is 0.410 e. The van der Waals surface area contributed by atoms with Crippen LogP contribution in [0.15, 0.2) is 0 Å². The molecule has 0 aliphatic carbocycles. The molecule has 0 aromatic carbocycles. The van der Waals surface area contributed by atoms with Gasteiger partial charge in [0, 0.05) is 45.7 Å². The van der Waals surface area contributed by atoms with Gasteiger partial charge in [-0.3, -0.25) is 4.79 Å². The average molecular weight is 327 g/mol. The normalized spacial score (nSPS) is 16.3. The number of amides is 2. The highest BCUT2D eigenvalue weighted by Crippen LogP contribution is 2.11. The molecule has 0 aromatic rings. The van der Waals surface area contributed by atoms with Crippen LogP contribution in [0.5, 0.6) is 0 Å². The molecule has 1 rings (SSSR count). The number of rotatable bonds is 6. The van der Waals surface area contributed by atoms with Crippen LogP contribution in [0, 0.1) is 0 Å². The van der Waals surface area contributed by atoms with Crippen LogP contribution in [0.25, 0.3) is 0 Å². The quantitative estimate of drug-likeness (QED) is 0.813. The Kier molecular flexibility index (Phi) is 7.82. The number of likely N-dealkylation sites (tertiary alicyclic amines) is 1. The van der Waals surface area contributed by atoms with E-state index in [-0.39, 0.29) is 12.0 Å². The topological polar surface area (TPSA) is 61.9 Å². The second kappa shape index (κ2) is 9.11. The Bertz CT molecular complexity index is 385. The molecule has 0 saturated carbocycles. The molecule has 1 fully saturated rings. The van der Waals surface area contributed by atoms with Crippen molar-refractivity contribution in [3.63, 3.8) is 0 Å². The molecule has 0 aromatic heterocycles. The number of piperidine rings is 1. The lowest BCUT2D eigenvalue weighted by atomic mass is 10.1. The van der Waals surface area contributed by atoms with Gasteiger partial charge in [0.1, 0.15) is 5.60 Å². The van der Waals surface area contributed by atoms with Crippen LogP contribution in [-0.2, 0) is 9.53 Å². The number of nitrogens with zero attached hydrogens (tertiary/aromatic N) is 2. The second-order valence-electron chi connectivity index (χ2n) is 7.20. The Morgan fingerprint density at radius 2 is 1.83 bits per heavy atom. The Balaban J connectivity index is 2.33. The molecule has 1 heterocycles. The third kappa shape index (κ3) is 7.68. The maximum absolute atomic E-state index is 12.2. The maximum Gasteiger partial charge on any atom is 0.410 e. The standard InChI is InChI=1S/C17H33N3O3/c1-6-10-20(16(22)23-17(3,4)5)13-9-18-15-7-11-19(12-8-15)14(2)21/h15,18H,6-13H2,1-5H3. The van der Waals surface area contributed by atoms with Crippen molar-refractivity contribution in [2.24, 2.45) is 0 Å². The van der Waals surface area contributed by atoms with Gasteiger partial charge < -0.3 is 19.9 Å². The molecule has 0 radical (unpaired) electrons. The summed E-state index contributed by atoms with van der Waals surface area (Å²) in [4.78, 5) is 27.2. The van der Waals surface area contributed by atoms with E-state index >= 15 is 0 Å². The SMILES string of the molecule is CCCN(CCNC1CCN(C(C)=O)CC1)C(=O)OC(C)(C)C. The predicted octanol–water partition coefficient (Wildman–Crippen LogP) is 2.23. The third-order valence-corrected chi connectivity index (χ3v) is 3.90. The average Bonchev–Trinajstić information content (AvgIpc) is 2.45. The number of nitrogens with one attached hydrogen (secondary N) is 1. The van der Waals surface area contributed by atoms with Crippen molar-refractivity contribution in [3.05, 3.63) is 0 Å². The third-order valence-electron chi connectivity index (χ3n) is 3.90. The van der Waals surface area contributed by atoms with E-state index in [4.69, 9.17) is 4.74 Å². The highest BCUT2D eigenvalue weighted by molar-refractivity contribution is 5.73. The summed E-state index contributed by atoms with van der Waals surface area (Å²) in [6.07, 6.45) is 2.61. The summed E-state index contributed by atoms with van der Waals surface area (Å²) in [5.74, 6) is 0.155. The minimum absolute atomic E-state index is 0.155. The van der Waals surface area contributed by atoms with E-state index in [0.29, 0.717) is 19.1 Å². The van der Waals surface area contributed by atoms with Crippen LogP contribution < -0.4 is 5.32 Å².